The number of carbonyl (C=O) groups is 1. The van der Waals surface area contributed by atoms with Crippen molar-refractivity contribution >= 4 is 28.1 Å². The molecule has 0 saturated carbocycles. The Bertz CT molecular complexity index is 1300. The summed E-state index contributed by atoms with van der Waals surface area (Å²) >= 11 is 0. The van der Waals surface area contributed by atoms with Crippen LogP contribution in [-0.4, -0.2) is 20.3 Å². The highest BCUT2D eigenvalue weighted by atomic mass is 32.2. The van der Waals surface area contributed by atoms with Gasteiger partial charge in [-0.05, 0) is 61.4 Å². The van der Waals surface area contributed by atoms with Crippen LogP contribution >= 0.6 is 0 Å². The number of cyclic esters (lactones) is 1. The van der Waals surface area contributed by atoms with Crippen LogP contribution in [0.1, 0.15) is 22.3 Å². The maximum Gasteiger partial charge on any atom is 0.363 e. The molecule has 31 heavy (non-hydrogen) atoms. The zero-order chi connectivity index (χ0) is 22.0. The Labute approximate surface area is 180 Å². The van der Waals surface area contributed by atoms with Gasteiger partial charge in [-0.1, -0.05) is 48.0 Å². The Hall–Kier alpha value is -3.71. The molecule has 0 spiro atoms. The first kappa shape index (κ1) is 20.6. The van der Waals surface area contributed by atoms with Crippen LogP contribution in [0.25, 0.3) is 6.08 Å². The fraction of sp³-hybridized carbons (Fsp3) is 0.0833. The molecule has 0 radical (unpaired) electrons. The number of hydrogen-bond donors (Lipinski definition) is 0. The minimum Gasteiger partial charge on any atom is -0.402 e. The molecule has 1 heterocycles. The molecule has 0 unspecified atom stereocenters. The Kier molecular flexibility index (Phi) is 5.44. The van der Waals surface area contributed by atoms with Gasteiger partial charge in [0.05, 0.1) is 0 Å². The molecule has 1 aliphatic heterocycles. The van der Waals surface area contributed by atoms with Gasteiger partial charge in [-0.3, -0.25) is 0 Å². The SMILES string of the molecule is Cc1ccc(S(=O)(=O)Oc2ccc(/C=C3\N=C(c4ccccc4C)OC3=O)cc2)cc1. The van der Waals surface area contributed by atoms with Crippen molar-refractivity contribution < 1.29 is 22.1 Å². The predicted octanol–water partition coefficient (Wildman–Crippen LogP) is 4.42. The summed E-state index contributed by atoms with van der Waals surface area (Å²) in [6.07, 6.45) is 1.58. The van der Waals surface area contributed by atoms with E-state index in [4.69, 9.17) is 8.92 Å². The van der Waals surface area contributed by atoms with Gasteiger partial charge in [-0.15, -0.1) is 0 Å². The summed E-state index contributed by atoms with van der Waals surface area (Å²) in [5.41, 5.74) is 3.48. The first-order valence-electron chi connectivity index (χ1n) is 9.52. The van der Waals surface area contributed by atoms with Crippen molar-refractivity contribution in [1.29, 1.82) is 0 Å². The Morgan fingerprint density at radius 1 is 0.903 bits per heavy atom. The molecule has 0 aromatic heterocycles. The second-order valence-corrected chi connectivity index (χ2v) is 8.62. The molecule has 1 aliphatic rings. The van der Waals surface area contributed by atoms with Crippen LogP contribution in [0.3, 0.4) is 0 Å². The molecule has 0 N–H and O–H groups in total. The summed E-state index contributed by atoms with van der Waals surface area (Å²) in [6, 6.07) is 20.2. The average molecular weight is 433 g/mol. The average Bonchev–Trinajstić information content (AvgIpc) is 3.10. The third kappa shape index (κ3) is 4.57. The van der Waals surface area contributed by atoms with Gasteiger partial charge >= 0.3 is 16.1 Å². The van der Waals surface area contributed by atoms with Gasteiger partial charge in [0.25, 0.3) is 0 Å². The lowest BCUT2D eigenvalue weighted by atomic mass is 10.1. The standard InChI is InChI=1S/C24H19NO5S/c1-16-7-13-20(14-8-16)31(27,28)30-19-11-9-18(10-12-19)15-22-24(26)29-23(25-22)21-6-4-3-5-17(21)2/h3-15H,1-2H3/b22-15-. The summed E-state index contributed by atoms with van der Waals surface area (Å²) in [6.45, 7) is 3.79. The van der Waals surface area contributed by atoms with E-state index >= 15 is 0 Å². The largest absolute Gasteiger partial charge is 0.402 e. The topological polar surface area (TPSA) is 82.0 Å². The first-order chi connectivity index (χ1) is 14.8. The number of esters is 1. The fourth-order valence-corrected chi connectivity index (χ4v) is 3.92. The quantitative estimate of drug-likeness (QED) is 0.338. The van der Waals surface area contributed by atoms with Crippen molar-refractivity contribution in [2.45, 2.75) is 18.7 Å². The molecule has 156 valence electrons. The number of carbonyl (C=O) groups excluding carboxylic acids is 1. The van der Waals surface area contributed by atoms with Crippen molar-refractivity contribution in [3.05, 3.63) is 101 Å². The maximum atomic E-state index is 12.4. The highest BCUT2D eigenvalue weighted by molar-refractivity contribution is 7.87. The molecule has 0 amide bonds. The minimum absolute atomic E-state index is 0.0797. The Morgan fingerprint density at radius 3 is 2.26 bits per heavy atom. The lowest BCUT2D eigenvalue weighted by Gasteiger charge is -2.07. The van der Waals surface area contributed by atoms with E-state index in [1.165, 1.54) is 24.3 Å². The molecule has 0 bridgehead atoms. The van der Waals surface area contributed by atoms with Gasteiger partial charge in [0, 0.05) is 5.56 Å². The van der Waals surface area contributed by atoms with Crippen LogP contribution in [0.2, 0.25) is 0 Å². The first-order valence-corrected chi connectivity index (χ1v) is 10.9. The summed E-state index contributed by atoms with van der Waals surface area (Å²) < 4.78 is 35.3. The van der Waals surface area contributed by atoms with Crippen molar-refractivity contribution in [3.8, 4) is 5.75 Å². The van der Waals surface area contributed by atoms with Crippen LogP contribution in [0, 0.1) is 13.8 Å². The smallest absolute Gasteiger partial charge is 0.363 e. The maximum absolute atomic E-state index is 12.4. The zero-order valence-corrected chi connectivity index (χ0v) is 17.7. The van der Waals surface area contributed by atoms with Crippen molar-refractivity contribution in [1.82, 2.24) is 0 Å². The molecule has 4 rings (SSSR count). The van der Waals surface area contributed by atoms with E-state index in [1.807, 2.05) is 38.1 Å². The second-order valence-electron chi connectivity index (χ2n) is 7.07. The molecular formula is C24H19NO5S. The summed E-state index contributed by atoms with van der Waals surface area (Å²) in [5.74, 6) is -0.111. The van der Waals surface area contributed by atoms with E-state index < -0.39 is 16.1 Å². The number of benzene rings is 3. The monoisotopic (exact) mass is 433 g/mol. The number of hydrogen-bond acceptors (Lipinski definition) is 6. The lowest BCUT2D eigenvalue weighted by Crippen LogP contribution is -2.09. The van der Waals surface area contributed by atoms with Crippen LogP contribution in [0.15, 0.2) is 88.4 Å². The molecule has 0 atom stereocenters. The number of nitrogens with zero attached hydrogens (tertiary/aromatic N) is 1. The number of aryl methyl sites for hydroxylation is 2. The van der Waals surface area contributed by atoms with Gasteiger partial charge in [0.15, 0.2) is 5.70 Å². The molecule has 3 aromatic carbocycles. The Balaban J connectivity index is 1.53. The molecule has 6 nitrogen and oxygen atoms in total. The highest BCUT2D eigenvalue weighted by Gasteiger charge is 2.25. The van der Waals surface area contributed by atoms with Crippen molar-refractivity contribution in [2.75, 3.05) is 0 Å². The molecular weight excluding hydrogens is 414 g/mol. The summed E-state index contributed by atoms with van der Waals surface area (Å²) in [4.78, 5) is 16.6. The lowest BCUT2D eigenvalue weighted by molar-refractivity contribution is -0.129. The predicted molar refractivity (Wildman–Crippen MR) is 117 cm³/mol. The van der Waals surface area contributed by atoms with E-state index in [9.17, 15) is 13.2 Å². The van der Waals surface area contributed by atoms with E-state index in [2.05, 4.69) is 4.99 Å². The van der Waals surface area contributed by atoms with Crippen LogP contribution in [-0.2, 0) is 19.6 Å². The molecule has 0 fully saturated rings. The molecule has 7 heteroatoms. The van der Waals surface area contributed by atoms with Crippen molar-refractivity contribution in [3.63, 3.8) is 0 Å². The van der Waals surface area contributed by atoms with Crippen LogP contribution < -0.4 is 4.18 Å². The third-order valence-corrected chi connectivity index (χ3v) is 5.96. The van der Waals surface area contributed by atoms with Gasteiger partial charge in [0.2, 0.25) is 5.90 Å². The summed E-state index contributed by atoms with van der Waals surface area (Å²) in [5, 5.41) is 0. The fourth-order valence-electron chi connectivity index (χ4n) is 2.99. The third-order valence-electron chi connectivity index (χ3n) is 4.70. The van der Waals surface area contributed by atoms with E-state index in [0.29, 0.717) is 5.56 Å². The Morgan fingerprint density at radius 2 is 1.58 bits per heavy atom. The van der Waals surface area contributed by atoms with Gasteiger partial charge < -0.3 is 8.92 Å². The zero-order valence-electron chi connectivity index (χ0n) is 16.9. The van der Waals surface area contributed by atoms with E-state index in [1.54, 1.807) is 30.3 Å². The van der Waals surface area contributed by atoms with Gasteiger partial charge in [-0.25, -0.2) is 9.79 Å². The van der Waals surface area contributed by atoms with Crippen LogP contribution in [0.5, 0.6) is 5.75 Å². The number of aliphatic imine (C=N–C) groups is 1. The van der Waals surface area contributed by atoms with E-state index in [0.717, 1.165) is 16.7 Å². The normalized spacial score (nSPS) is 15.0. The van der Waals surface area contributed by atoms with Crippen molar-refractivity contribution in [2.24, 2.45) is 4.99 Å². The van der Waals surface area contributed by atoms with Gasteiger partial charge in [-0.2, -0.15) is 8.42 Å². The van der Waals surface area contributed by atoms with Gasteiger partial charge in [0.1, 0.15) is 10.6 Å². The van der Waals surface area contributed by atoms with E-state index in [-0.39, 0.29) is 22.2 Å². The molecule has 0 saturated heterocycles. The summed E-state index contributed by atoms with van der Waals surface area (Å²) in [7, 11) is -3.93. The highest BCUT2D eigenvalue weighted by Crippen LogP contribution is 2.23. The minimum atomic E-state index is -3.93. The number of rotatable bonds is 5. The second kappa shape index (κ2) is 8.20. The van der Waals surface area contributed by atoms with Crippen LogP contribution in [0.4, 0.5) is 0 Å². The molecule has 0 aliphatic carbocycles. The molecule has 3 aromatic rings. The number of ether oxygens (including phenoxy) is 1.